The highest BCUT2D eigenvalue weighted by Crippen LogP contribution is 2.26. The maximum Gasteiger partial charge on any atom is 0.140 e. The molecule has 0 aromatic carbocycles. The van der Waals surface area contributed by atoms with Gasteiger partial charge in [0.25, 0.3) is 0 Å². The number of nitrogens with zero attached hydrogens (tertiary/aromatic N) is 2. The van der Waals surface area contributed by atoms with E-state index in [2.05, 4.69) is 23.9 Å². The van der Waals surface area contributed by atoms with Gasteiger partial charge in [0.1, 0.15) is 5.84 Å². The Balaban J connectivity index is 2.34. The van der Waals surface area contributed by atoms with E-state index in [0.29, 0.717) is 18.3 Å². The Morgan fingerprint density at radius 3 is 2.56 bits per heavy atom. The molecule has 1 rings (SSSR count). The van der Waals surface area contributed by atoms with Crippen LogP contribution in [0.15, 0.2) is 5.16 Å². The van der Waals surface area contributed by atoms with Gasteiger partial charge in [-0.15, -0.1) is 0 Å². The lowest BCUT2D eigenvalue weighted by molar-refractivity contribution is 0.192. The van der Waals surface area contributed by atoms with Crippen molar-refractivity contribution >= 4 is 5.84 Å². The van der Waals surface area contributed by atoms with Gasteiger partial charge < -0.3 is 15.8 Å². The van der Waals surface area contributed by atoms with Crippen LogP contribution in [0, 0.1) is 5.92 Å². The number of nitrogens with two attached hydrogens (primary N) is 1. The van der Waals surface area contributed by atoms with Gasteiger partial charge in [-0.25, -0.2) is 0 Å². The van der Waals surface area contributed by atoms with Crippen molar-refractivity contribution in [3.63, 3.8) is 0 Å². The summed E-state index contributed by atoms with van der Waals surface area (Å²) in [5, 5.41) is 11.5. The Labute approximate surface area is 98.5 Å². The second-order valence-electron chi connectivity index (χ2n) is 5.08. The van der Waals surface area contributed by atoms with Gasteiger partial charge in [-0.3, -0.25) is 0 Å². The Bertz CT molecular complexity index is 222. The van der Waals surface area contributed by atoms with E-state index >= 15 is 0 Å². The van der Waals surface area contributed by atoms with Crippen LogP contribution in [0.3, 0.4) is 0 Å². The number of amidine groups is 1. The van der Waals surface area contributed by atoms with Crippen molar-refractivity contribution in [3.05, 3.63) is 0 Å². The molecule has 0 atom stereocenters. The third-order valence-corrected chi connectivity index (χ3v) is 3.48. The molecule has 94 valence electrons. The second kappa shape index (κ2) is 6.74. The maximum atomic E-state index is 8.51. The first-order valence-electron chi connectivity index (χ1n) is 6.34. The summed E-state index contributed by atoms with van der Waals surface area (Å²) in [4.78, 5) is 2.44. The first-order valence-corrected chi connectivity index (χ1v) is 6.34. The largest absolute Gasteiger partial charge is 0.409 e. The molecule has 3 N–H and O–H groups in total. The normalized spacial score (nSPS) is 18.9. The highest BCUT2D eigenvalue weighted by Gasteiger charge is 2.20. The smallest absolute Gasteiger partial charge is 0.140 e. The van der Waals surface area contributed by atoms with E-state index in [0.717, 1.165) is 19.0 Å². The zero-order valence-electron chi connectivity index (χ0n) is 10.5. The predicted octanol–water partition coefficient (Wildman–Crippen LogP) is 2.02. The fourth-order valence-electron chi connectivity index (χ4n) is 2.39. The first kappa shape index (κ1) is 13.3. The van der Waals surface area contributed by atoms with Crippen molar-refractivity contribution in [1.29, 1.82) is 0 Å². The quantitative estimate of drug-likeness (QED) is 0.316. The van der Waals surface area contributed by atoms with Gasteiger partial charge in [-0.2, -0.15) is 0 Å². The van der Waals surface area contributed by atoms with E-state index in [9.17, 15) is 0 Å². The Hall–Kier alpha value is -0.770. The van der Waals surface area contributed by atoms with E-state index in [1.807, 2.05) is 0 Å². The second-order valence-corrected chi connectivity index (χ2v) is 5.08. The molecule has 4 heteroatoms. The van der Waals surface area contributed by atoms with Crippen LogP contribution < -0.4 is 5.73 Å². The molecule has 1 saturated carbocycles. The SMILES string of the molecule is CC(C)N(CCC(N)=NO)CC1CCCC1. The van der Waals surface area contributed by atoms with Crippen molar-refractivity contribution in [1.82, 2.24) is 4.90 Å². The summed E-state index contributed by atoms with van der Waals surface area (Å²) in [5.74, 6) is 1.19. The molecule has 0 aromatic rings. The van der Waals surface area contributed by atoms with Crippen molar-refractivity contribution in [2.45, 2.75) is 52.0 Å². The summed E-state index contributed by atoms with van der Waals surface area (Å²) in [6.07, 6.45) is 6.16. The minimum atomic E-state index is 0.331. The van der Waals surface area contributed by atoms with Gasteiger partial charge in [0.05, 0.1) is 0 Å². The van der Waals surface area contributed by atoms with Crippen LogP contribution in [-0.4, -0.2) is 35.1 Å². The molecule has 0 amide bonds. The van der Waals surface area contributed by atoms with Crippen LogP contribution in [0.4, 0.5) is 0 Å². The summed E-state index contributed by atoms with van der Waals surface area (Å²) in [5.41, 5.74) is 5.50. The maximum absolute atomic E-state index is 8.51. The Morgan fingerprint density at radius 1 is 1.44 bits per heavy atom. The van der Waals surface area contributed by atoms with Crippen molar-refractivity contribution in [3.8, 4) is 0 Å². The monoisotopic (exact) mass is 227 g/mol. The first-order chi connectivity index (χ1) is 7.63. The fourth-order valence-corrected chi connectivity index (χ4v) is 2.39. The molecule has 4 nitrogen and oxygen atoms in total. The number of oxime groups is 1. The van der Waals surface area contributed by atoms with E-state index in [1.165, 1.54) is 25.7 Å². The van der Waals surface area contributed by atoms with Gasteiger partial charge in [0.15, 0.2) is 0 Å². The minimum absolute atomic E-state index is 0.331. The third-order valence-electron chi connectivity index (χ3n) is 3.48. The highest BCUT2D eigenvalue weighted by molar-refractivity contribution is 5.79. The molecule has 0 spiro atoms. The zero-order valence-corrected chi connectivity index (χ0v) is 10.5. The van der Waals surface area contributed by atoms with Gasteiger partial charge in [0, 0.05) is 25.6 Å². The van der Waals surface area contributed by atoms with Crippen LogP contribution in [0.2, 0.25) is 0 Å². The van der Waals surface area contributed by atoms with Crippen LogP contribution >= 0.6 is 0 Å². The molecular weight excluding hydrogens is 202 g/mol. The summed E-state index contributed by atoms with van der Waals surface area (Å²) < 4.78 is 0. The van der Waals surface area contributed by atoms with Crippen molar-refractivity contribution in [2.75, 3.05) is 13.1 Å². The summed E-state index contributed by atoms with van der Waals surface area (Å²) in [7, 11) is 0. The van der Waals surface area contributed by atoms with E-state index in [-0.39, 0.29) is 0 Å². The van der Waals surface area contributed by atoms with Crippen LogP contribution in [-0.2, 0) is 0 Å². The third kappa shape index (κ3) is 4.39. The van der Waals surface area contributed by atoms with E-state index in [1.54, 1.807) is 0 Å². The topological polar surface area (TPSA) is 61.8 Å². The lowest BCUT2D eigenvalue weighted by Crippen LogP contribution is -2.37. The van der Waals surface area contributed by atoms with Crippen molar-refractivity contribution in [2.24, 2.45) is 16.8 Å². The Morgan fingerprint density at radius 2 is 2.06 bits per heavy atom. The lowest BCUT2D eigenvalue weighted by Gasteiger charge is -2.29. The Kier molecular flexibility index (Phi) is 5.60. The lowest BCUT2D eigenvalue weighted by atomic mass is 10.1. The predicted molar refractivity (Wildman–Crippen MR) is 66.7 cm³/mol. The summed E-state index contributed by atoms with van der Waals surface area (Å²) in [6.45, 7) is 6.48. The van der Waals surface area contributed by atoms with Crippen LogP contribution in [0.5, 0.6) is 0 Å². The molecule has 1 aliphatic carbocycles. The molecule has 0 heterocycles. The standard InChI is InChI=1S/C12H25N3O/c1-10(2)15(8-7-12(13)14-16)9-11-5-3-4-6-11/h10-11,16H,3-9H2,1-2H3,(H2,13,14). The van der Waals surface area contributed by atoms with Gasteiger partial charge in [-0.05, 0) is 32.6 Å². The van der Waals surface area contributed by atoms with Crippen molar-refractivity contribution < 1.29 is 5.21 Å². The van der Waals surface area contributed by atoms with E-state index in [4.69, 9.17) is 10.9 Å². The average molecular weight is 227 g/mol. The zero-order chi connectivity index (χ0) is 12.0. The molecule has 0 radical (unpaired) electrons. The molecule has 0 aliphatic heterocycles. The molecule has 0 bridgehead atoms. The fraction of sp³-hybridized carbons (Fsp3) is 0.917. The van der Waals surface area contributed by atoms with Gasteiger partial charge in [-0.1, -0.05) is 18.0 Å². The molecule has 0 unspecified atom stereocenters. The molecule has 0 aromatic heterocycles. The van der Waals surface area contributed by atoms with Crippen LogP contribution in [0.1, 0.15) is 46.0 Å². The van der Waals surface area contributed by atoms with Gasteiger partial charge >= 0.3 is 0 Å². The minimum Gasteiger partial charge on any atom is -0.409 e. The number of hydrogen-bond donors (Lipinski definition) is 2. The molecule has 16 heavy (non-hydrogen) atoms. The average Bonchev–Trinajstić information content (AvgIpc) is 2.75. The summed E-state index contributed by atoms with van der Waals surface area (Å²) >= 11 is 0. The molecular formula is C12H25N3O. The summed E-state index contributed by atoms with van der Waals surface area (Å²) in [6, 6.07) is 0.534. The van der Waals surface area contributed by atoms with Crippen LogP contribution in [0.25, 0.3) is 0 Å². The molecule has 1 aliphatic rings. The van der Waals surface area contributed by atoms with E-state index < -0.39 is 0 Å². The number of hydrogen-bond acceptors (Lipinski definition) is 3. The molecule has 0 saturated heterocycles. The number of rotatable bonds is 6. The van der Waals surface area contributed by atoms with Gasteiger partial charge in [0.2, 0.25) is 0 Å². The molecule has 1 fully saturated rings. The highest BCUT2D eigenvalue weighted by atomic mass is 16.4.